The van der Waals surface area contributed by atoms with E-state index in [-0.39, 0.29) is 0 Å². The maximum Gasteiger partial charge on any atom is 0.0588 e. The quantitative estimate of drug-likeness (QED) is 0.815. The van der Waals surface area contributed by atoms with Crippen LogP contribution in [0.1, 0.15) is 52.4 Å². The van der Waals surface area contributed by atoms with E-state index in [0.29, 0.717) is 12.1 Å². The highest BCUT2D eigenvalue weighted by Gasteiger charge is 2.19. The molecule has 2 aliphatic heterocycles. The summed E-state index contributed by atoms with van der Waals surface area (Å²) in [5.74, 6) is 0. The molecule has 2 fully saturated rings. The molecule has 3 heteroatoms. The third kappa shape index (κ3) is 4.52. The first kappa shape index (κ1) is 14.3. The van der Waals surface area contributed by atoms with Crippen molar-refractivity contribution in [2.24, 2.45) is 0 Å². The van der Waals surface area contributed by atoms with Gasteiger partial charge in [0, 0.05) is 18.7 Å². The lowest BCUT2D eigenvalue weighted by Gasteiger charge is -2.24. The second kappa shape index (κ2) is 7.46. The molecular weight excluding hydrogens is 224 g/mol. The van der Waals surface area contributed by atoms with Crippen LogP contribution >= 0.6 is 0 Å². The van der Waals surface area contributed by atoms with Crippen molar-refractivity contribution in [3.63, 3.8) is 0 Å². The molecule has 0 saturated carbocycles. The van der Waals surface area contributed by atoms with Gasteiger partial charge in [-0.3, -0.25) is 0 Å². The fourth-order valence-corrected chi connectivity index (χ4v) is 3.16. The zero-order chi connectivity index (χ0) is 12.8. The third-order valence-electron chi connectivity index (χ3n) is 4.42. The zero-order valence-corrected chi connectivity index (χ0v) is 12.2. The van der Waals surface area contributed by atoms with Gasteiger partial charge in [0.2, 0.25) is 0 Å². The average Bonchev–Trinajstić information content (AvgIpc) is 2.73. The van der Waals surface area contributed by atoms with Crippen molar-refractivity contribution < 1.29 is 4.74 Å². The average molecular weight is 254 g/mol. The van der Waals surface area contributed by atoms with Crippen LogP contribution in [0.3, 0.4) is 0 Å². The number of hydrogen-bond donors (Lipinski definition) is 1. The van der Waals surface area contributed by atoms with Gasteiger partial charge in [-0.2, -0.15) is 0 Å². The standard InChI is InChI=1S/C15H30N2O/c1-13(2)17-10-3-5-14(8-11-17)16-9-7-15-6-4-12-18-15/h13-16H,3-12H2,1-2H3. The van der Waals surface area contributed by atoms with Crippen LogP contribution in [-0.4, -0.2) is 49.3 Å². The van der Waals surface area contributed by atoms with Crippen LogP contribution in [0, 0.1) is 0 Å². The van der Waals surface area contributed by atoms with E-state index in [9.17, 15) is 0 Å². The molecule has 18 heavy (non-hydrogen) atoms. The van der Waals surface area contributed by atoms with Crippen molar-refractivity contribution in [3.8, 4) is 0 Å². The van der Waals surface area contributed by atoms with Gasteiger partial charge in [0.15, 0.2) is 0 Å². The minimum Gasteiger partial charge on any atom is -0.378 e. The van der Waals surface area contributed by atoms with Crippen LogP contribution in [0.25, 0.3) is 0 Å². The molecule has 0 aromatic rings. The van der Waals surface area contributed by atoms with Crippen molar-refractivity contribution >= 4 is 0 Å². The van der Waals surface area contributed by atoms with E-state index < -0.39 is 0 Å². The predicted octanol–water partition coefficient (Wildman–Crippen LogP) is 2.41. The summed E-state index contributed by atoms with van der Waals surface area (Å²) in [5, 5.41) is 3.74. The highest BCUT2D eigenvalue weighted by molar-refractivity contribution is 4.77. The monoisotopic (exact) mass is 254 g/mol. The number of nitrogens with one attached hydrogen (secondary N) is 1. The Kier molecular flexibility index (Phi) is 5.93. The molecule has 0 aromatic carbocycles. The Morgan fingerprint density at radius 3 is 2.78 bits per heavy atom. The van der Waals surface area contributed by atoms with Gasteiger partial charge in [0.25, 0.3) is 0 Å². The van der Waals surface area contributed by atoms with E-state index in [1.165, 1.54) is 51.6 Å². The predicted molar refractivity (Wildman–Crippen MR) is 75.9 cm³/mol. The van der Waals surface area contributed by atoms with E-state index in [2.05, 4.69) is 24.1 Å². The molecule has 2 unspecified atom stereocenters. The van der Waals surface area contributed by atoms with Gasteiger partial charge in [0.05, 0.1) is 6.10 Å². The van der Waals surface area contributed by atoms with E-state index in [1.807, 2.05) is 0 Å². The first-order valence-electron chi connectivity index (χ1n) is 7.84. The van der Waals surface area contributed by atoms with Gasteiger partial charge in [-0.25, -0.2) is 0 Å². The SMILES string of the molecule is CC(C)N1CCCC(NCCC2CCCO2)CC1. The molecule has 106 valence electrons. The lowest BCUT2D eigenvalue weighted by molar-refractivity contribution is 0.103. The van der Waals surface area contributed by atoms with Gasteiger partial charge < -0.3 is 15.0 Å². The molecule has 0 aromatic heterocycles. The molecule has 0 spiro atoms. The van der Waals surface area contributed by atoms with Crippen molar-refractivity contribution in [2.75, 3.05) is 26.2 Å². The first-order chi connectivity index (χ1) is 8.75. The number of nitrogens with zero attached hydrogens (tertiary/aromatic N) is 1. The Labute approximate surface area is 112 Å². The molecule has 3 nitrogen and oxygen atoms in total. The molecule has 2 aliphatic rings. The number of rotatable bonds is 5. The van der Waals surface area contributed by atoms with Crippen molar-refractivity contribution in [3.05, 3.63) is 0 Å². The lowest BCUT2D eigenvalue weighted by Crippen LogP contribution is -2.34. The lowest BCUT2D eigenvalue weighted by atomic mass is 10.1. The normalized spacial score (nSPS) is 30.8. The second-order valence-corrected chi connectivity index (χ2v) is 6.14. The number of hydrogen-bond acceptors (Lipinski definition) is 3. The Morgan fingerprint density at radius 1 is 1.17 bits per heavy atom. The summed E-state index contributed by atoms with van der Waals surface area (Å²) in [6, 6.07) is 1.44. The van der Waals surface area contributed by atoms with Crippen LogP contribution in [-0.2, 0) is 4.74 Å². The molecule has 2 atom stereocenters. The summed E-state index contributed by atoms with van der Waals surface area (Å²) in [6.07, 6.45) is 8.26. The highest BCUT2D eigenvalue weighted by atomic mass is 16.5. The van der Waals surface area contributed by atoms with Crippen LogP contribution in [0.5, 0.6) is 0 Å². The summed E-state index contributed by atoms with van der Waals surface area (Å²) >= 11 is 0. The van der Waals surface area contributed by atoms with Crippen molar-refractivity contribution in [1.29, 1.82) is 0 Å². The third-order valence-corrected chi connectivity index (χ3v) is 4.42. The molecule has 0 amide bonds. The van der Waals surface area contributed by atoms with Crippen molar-refractivity contribution in [2.45, 2.75) is 70.6 Å². The van der Waals surface area contributed by atoms with Gasteiger partial charge in [0.1, 0.15) is 0 Å². The topological polar surface area (TPSA) is 24.5 Å². The first-order valence-corrected chi connectivity index (χ1v) is 7.84. The Morgan fingerprint density at radius 2 is 2.06 bits per heavy atom. The van der Waals surface area contributed by atoms with Crippen molar-refractivity contribution in [1.82, 2.24) is 10.2 Å². The summed E-state index contributed by atoms with van der Waals surface area (Å²) in [5.41, 5.74) is 0. The van der Waals surface area contributed by atoms with E-state index in [4.69, 9.17) is 4.74 Å². The Hall–Kier alpha value is -0.120. The number of ether oxygens (including phenoxy) is 1. The van der Waals surface area contributed by atoms with Gasteiger partial charge in [-0.1, -0.05) is 0 Å². The second-order valence-electron chi connectivity index (χ2n) is 6.14. The highest BCUT2D eigenvalue weighted by Crippen LogP contribution is 2.16. The molecule has 1 N–H and O–H groups in total. The minimum atomic E-state index is 0.537. The summed E-state index contributed by atoms with van der Waals surface area (Å²) in [6.45, 7) is 9.28. The molecule has 2 rings (SSSR count). The van der Waals surface area contributed by atoms with Gasteiger partial charge >= 0.3 is 0 Å². The van der Waals surface area contributed by atoms with Crippen LogP contribution in [0.2, 0.25) is 0 Å². The fourth-order valence-electron chi connectivity index (χ4n) is 3.16. The molecule has 0 bridgehead atoms. The van der Waals surface area contributed by atoms with Gasteiger partial charge in [-0.15, -0.1) is 0 Å². The maximum absolute atomic E-state index is 5.67. The van der Waals surface area contributed by atoms with Gasteiger partial charge in [-0.05, 0) is 72.0 Å². The zero-order valence-electron chi connectivity index (χ0n) is 12.2. The molecule has 2 saturated heterocycles. The van der Waals surface area contributed by atoms with Crippen LogP contribution in [0.15, 0.2) is 0 Å². The number of likely N-dealkylation sites (tertiary alicyclic amines) is 1. The summed E-state index contributed by atoms with van der Waals surface area (Å²) < 4.78 is 5.67. The summed E-state index contributed by atoms with van der Waals surface area (Å²) in [7, 11) is 0. The van der Waals surface area contributed by atoms with E-state index in [0.717, 1.165) is 19.2 Å². The molecule has 0 radical (unpaired) electrons. The van der Waals surface area contributed by atoms with Crippen LogP contribution in [0.4, 0.5) is 0 Å². The Balaban J connectivity index is 1.61. The fraction of sp³-hybridized carbons (Fsp3) is 1.00. The largest absolute Gasteiger partial charge is 0.378 e. The molecular formula is C15H30N2O. The minimum absolute atomic E-state index is 0.537. The summed E-state index contributed by atoms with van der Waals surface area (Å²) in [4.78, 5) is 2.61. The maximum atomic E-state index is 5.67. The Bertz CT molecular complexity index is 227. The van der Waals surface area contributed by atoms with E-state index in [1.54, 1.807) is 0 Å². The molecule has 0 aliphatic carbocycles. The van der Waals surface area contributed by atoms with Crippen LogP contribution < -0.4 is 5.32 Å². The molecule has 2 heterocycles. The van der Waals surface area contributed by atoms with E-state index >= 15 is 0 Å². The smallest absolute Gasteiger partial charge is 0.0588 e.